The van der Waals surface area contributed by atoms with Crippen LogP contribution in [0, 0.1) is 0 Å². The predicted octanol–water partition coefficient (Wildman–Crippen LogP) is 0.738. The van der Waals surface area contributed by atoms with Crippen LogP contribution in [0.25, 0.3) is 11.1 Å². The van der Waals surface area contributed by atoms with Gasteiger partial charge in [0, 0.05) is 19.7 Å². The number of rotatable bonds is 10. The summed E-state index contributed by atoms with van der Waals surface area (Å²) in [6, 6.07) is 17.9. The summed E-state index contributed by atoms with van der Waals surface area (Å²) in [5.41, 5.74) is 2.31. The number of aromatic nitrogens is 2. The molecule has 11 heteroatoms. The molecule has 3 aromatic rings. The zero-order valence-corrected chi connectivity index (χ0v) is 18.4. The van der Waals surface area contributed by atoms with Crippen molar-refractivity contribution in [3.8, 4) is 11.1 Å². The van der Waals surface area contributed by atoms with Gasteiger partial charge >= 0.3 is 5.97 Å². The lowest BCUT2D eigenvalue weighted by Gasteiger charge is -2.34. The second-order valence-electron chi connectivity index (χ2n) is 7.32. The third kappa shape index (κ3) is 5.77. The van der Waals surface area contributed by atoms with E-state index in [0.717, 1.165) is 16.1 Å². The maximum absolute atomic E-state index is 13.1. The summed E-state index contributed by atoms with van der Waals surface area (Å²) in [4.78, 5) is 36.3. The lowest BCUT2D eigenvalue weighted by atomic mass is 10.1. The number of benzene rings is 2. The number of carbonyl (C=O) groups is 3. The highest BCUT2D eigenvalue weighted by Crippen LogP contribution is 2.24. The van der Waals surface area contributed by atoms with E-state index in [1.807, 2.05) is 42.5 Å². The number of amides is 2. The average molecular weight is 467 g/mol. The van der Waals surface area contributed by atoms with Gasteiger partial charge in [-0.2, -0.15) is 5.10 Å². The van der Waals surface area contributed by atoms with Gasteiger partial charge in [0.05, 0.1) is 18.8 Å². The highest BCUT2D eigenvalue weighted by molar-refractivity contribution is 5.98. The summed E-state index contributed by atoms with van der Waals surface area (Å²) in [6.07, 6.45) is -1.76. The summed E-state index contributed by atoms with van der Waals surface area (Å²) in [7, 11) is 1.41. The highest BCUT2D eigenvalue weighted by atomic mass is 16.4. The molecule has 0 radical (unpaired) electrons. The second kappa shape index (κ2) is 11.1. The average Bonchev–Trinajstić information content (AvgIpc) is 3.36. The number of anilines is 1. The fourth-order valence-corrected chi connectivity index (χ4v) is 3.19. The molecule has 0 aliphatic rings. The molecule has 1 aromatic heterocycles. The normalized spacial score (nSPS) is 11.5. The molecule has 0 spiro atoms. The smallest absolute Gasteiger partial charge is 0.334 e. The largest absolute Gasteiger partial charge is 0.479 e. The minimum absolute atomic E-state index is 0.0210. The molecule has 11 nitrogen and oxygen atoms in total. The summed E-state index contributed by atoms with van der Waals surface area (Å²) in [6.45, 7) is -0.608. The topological polar surface area (TPSA) is 159 Å². The van der Waals surface area contributed by atoms with Crippen LogP contribution in [0.2, 0.25) is 0 Å². The number of aliphatic hydroxyl groups excluding tert-OH is 2. The quantitative estimate of drug-likeness (QED) is 0.273. The van der Waals surface area contributed by atoms with Gasteiger partial charge in [-0.05, 0) is 23.3 Å². The molecule has 1 heterocycles. The van der Waals surface area contributed by atoms with Crippen molar-refractivity contribution in [1.82, 2.24) is 20.5 Å². The molecule has 5 N–H and O–H groups in total. The summed E-state index contributed by atoms with van der Waals surface area (Å²) in [5.74, 6) is -2.61. The van der Waals surface area contributed by atoms with Crippen LogP contribution in [0.15, 0.2) is 60.7 Å². The molecule has 178 valence electrons. The fourth-order valence-electron chi connectivity index (χ4n) is 3.19. The van der Waals surface area contributed by atoms with Gasteiger partial charge < -0.3 is 20.6 Å². The van der Waals surface area contributed by atoms with Gasteiger partial charge in [-0.1, -0.05) is 42.5 Å². The van der Waals surface area contributed by atoms with Crippen LogP contribution >= 0.6 is 0 Å². The van der Waals surface area contributed by atoms with Crippen LogP contribution in [0.4, 0.5) is 5.69 Å². The van der Waals surface area contributed by atoms with E-state index in [0.29, 0.717) is 5.69 Å². The van der Waals surface area contributed by atoms with E-state index in [2.05, 4.69) is 15.5 Å². The Hall–Kier alpha value is -4.22. The van der Waals surface area contributed by atoms with E-state index >= 15 is 0 Å². The first-order valence-electron chi connectivity index (χ1n) is 10.4. The predicted molar refractivity (Wildman–Crippen MR) is 123 cm³/mol. The summed E-state index contributed by atoms with van der Waals surface area (Å²) in [5, 5.41) is 39.2. The van der Waals surface area contributed by atoms with E-state index < -0.39 is 30.4 Å². The van der Waals surface area contributed by atoms with Crippen LogP contribution in [0.3, 0.4) is 0 Å². The SMILES string of the molecule is CN(C(=O)c1cc(C(=O)NCCO)n[nH]1)N(C[C@@H](O)C(=O)O)c1ccc(-c2ccccc2)cc1. The Morgan fingerprint density at radius 3 is 2.32 bits per heavy atom. The maximum atomic E-state index is 13.1. The Morgan fingerprint density at radius 2 is 1.71 bits per heavy atom. The molecular weight excluding hydrogens is 442 g/mol. The van der Waals surface area contributed by atoms with Crippen molar-refractivity contribution in [2.45, 2.75) is 6.10 Å². The van der Waals surface area contributed by atoms with Crippen LogP contribution in [0.5, 0.6) is 0 Å². The van der Waals surface area contributed by atoms with Gasteiger partial charge in [0.2, 0.25) is 0 Å². The Labute approximate surface area is 195 Å². The first kappa shape index (κ1) is 24.4. The Balaban J connectivity index is 1.85. The number of H-pyrrole nitrogens is 1. The fraction of sp³-hybridized carbons (Fsp3) is 0.217. The van der Waals surface area contributed by atoms with Gasteiger partial charge in [-0.3, -0.25) is 24.7 Å². The van der Waals surface area contributed by atoms with E-state index in [9.17, 15) is 24.6 Å². The highest BCUT2D eigenvalue weighted by Gasteiger charge is 2.26. The molecule has 1 atom stereocenters. The number of carbonyl (C=O) groups excluding carboxylic acids is 2. The second-order valence-corrected chi connectivity index (χ2v) is 7.32. The first-order chi connectivity index (χ1) is 16.3. The van der Waals surface area contributed by atoms with Crippen molar-refractivity contribution in [2.75, 3.05) is 31.8 Å². The summed E-state index contributed by atoms with van der Waals surface area (Å²) < 4.78 is 0. The number of aliphatic hydroxyl groups is 2. The molecule has 0 fully saturated rings. The Morgan fingerprint density at radius 1 is 1.06 bits per heavy atom. The van der Waals surface area contributed by atoms with Crippen LogP contribution < -0.4 is 10.3 Å². The molecule has 0 unspecified atom stereocenters. The number of aliphatic carboxylic acids is 1. The standard InChI is InChI=1S/C23H25N5O6/c1-27(22(32)19-13-18(25-26-19)21(31)24-11-12-29)28(14-20(30)23(33)34)17-9-7-16(8-10-17)15-5-3-2-4-6-15/h2-10,13,20,29-30H,11-12,14H2,1H3,(H,24,31)(H,25,26)(H,33,34)/t20-/m1/s1. The number of carboxylic acids is 1. The monoisotopic (exact) mass is 467 g/mol. The van der Waals surface area contributed by atoms with Crippen molar-refractivity contribution in [1.29, 1.82) is 0 Å². The number of aromatic amines is 1. The molecule has 3 rings (SSSR count). The van der Waals surface area contributed by atoms with E-state index in [1.165, 1.54) is 18.1 Å². The third-order valence-corrected chi connectivity index (χ3v) is 5.00. The molecule has 0 saturated carbocycles. The van der Waals surface area contributed by atoms with E-state index in [1.54, 1.807) is 12.1 Å². The van der Waals surface area contributed by atoms with Crippen LogP contribution in [-0.2, 0) is 4.79 Å². The van der Waals surface area contributed by atoms with Crippen molar-refractivity contribution in [2.24, 2.45) is 0 Å². The van der Waals surface area contributed by atoms with Crippen molar-refractivity contribution >= 4 is 23.5 Å². The molecular formula is C23H25N5O6. The molecule has 0 bridgehead atoms. The molecule has 0 saturated heterocycles. The van der Waals surface area contributed by atoms with Crippen molar-refractivity contribution in [3.63, 3.8) is 0 Å². The van der Waals surface area contributed by atoms with Gasteiger partial charge in [-0.15, -0.1) is 0 Å². The van der Waals surface area contributed by atoms with E-state index in [4.69, 9.17) is 5.11 Å². The number of nitrogens with zero attached hydrogens (tertiary/aromatic N) is 3. The lowest BCUT2D eigenvalue weighted by Crippen LogP contribution is -2.49. The third-order valence-electron chi connectivity index (χ3n) is 5.00. The zero-order chi connectivity index (χ0) is 24.7. The number of carboxylic acid groups (broad SMARTS) is 1. The van der Waals surface area contributed by atoms with Gasteiger partial charge in [0.1, 0.15) is 5.69 Å². The van der Waals surface area contributed by atoms with Crippen molar-refractivity contribution in [3.05, 3.63) is 72.1 Å². The summed E-state index contributed by atoms with van der Waals surface area (Å²) >= 11 is 0. The van der Waals surface area contributed by atoms with Gasteiger partial charge in [0.25, 0.3) is 11.8 Å². The van der Waals surface area contributed by atoms with Crippen LogP contribution in [0.1, 0.15) is 21.0 Å². The minimum atomic E-state index is -1.76. The maximum Gasteiger partial charge on any atom is 0.334 e. The van der Waals surface area contributed by atoms with Gasteiger partial charge in [0.15, 0.2) is 11.8 Å². The van der Waals surface area contributed by atoms with Gasteiger partial charge in [-0.25, -0.2) is 4.79 Å². The zero-order valence-electron chi connectivity index (χ0n) is 18.4. The number of nitrogens with one attached hydrogen (secondary N) is 2. The molecule has 2 amide bonds. The first-order valence-corrected chi connectivity index (χ1v) is 10.4. The number of hydrogen-bond acceptors (Lipinski definition) is 7. The molecule has 34 heavy (non-hydrogen) atoms. The minimum Gasteiger partial charge on any atom is -0.479 e. The molecule has 2 aromatic carbocycles. The Bertz CT molecular complexity index is 1130. The van der Waals surface area contributed by atoms with Crippen LogP contribution in [-0.4, -0.2) is 81.2 Å². The lowest BCUT2D eigenvalue weighted by molar-refractivity contribution is -0.146. The Kier molecular flexibility index (Phi) is 7.96. The number of hydrogen-bond donors (Lipinski definition) is 5. The van der Waals surface area contributed by atoms with E-state index in [-0.39, 0.29) is 24.5 Å². The van der Waals surface area contributed by atoms with Crippen molar-refractivity contribution < 1.29 is 29.7 Å². The molecule has 0 aliphatic heterocycles. The number of hydrazine groups is 1. The molecule has 0 aliphatic carbocycles.